The Bertz CT molecular complexity index is 973. The van der Waals surface area contributed by atoms with E-state index in [4.69, 9.17) is 9.47 Å². The van der Waals surface area contributed by atoms with E-state index in [2.05, 4.69) is 0 Å². The summed E-state index contributed by atoms with van der Waals surface area (Å²) in [4.78, 5) is 26.6. The van der Waals surface area contributed by atoms with E-state index >= 15 is 0 Å². The number of carboxylic acid groups (broad SMARTS) is 1. The molecule has 8 heteroatoms. The van der Waals surface area contributed by atoms with E-state index in [0.29, 0.717) is 22.7 Å². The van der Waals surface area contributed by atoms with Gasteiger partial charge in [0.25, 0.3) is 0 Å². The molecule has 2 unspecified atom stereocenters. The van der Waals surface area contributed by atoms with E-state index in [1.165, 1.54) is 17.0 Å². The largest absolute Gasteiger partial charge is 0.507 e. The van der Waals surface area contributed by atoms with Gasteiger partial charge in [0.15, 0.2) is 11.5 Å². The number of ether oxygens (including phenoxy) is 2. The van der Waals surface area contributed by atoms with E-state index in [-0.39, 0.29) is 24.5 Å². The third-order valence-electron chi connectivity index (χ3n) is 5.38. The van der Waals surface area contributed by atoms with Crippen molar-refractivity contribution in [3.63, 3.8) is 0 Å². The molecule has 0 saturated carbocycles. The summed E-state index contributed by atoms with van der Waals surface area (Å²) in [6.45, 7) is 1.01. The molecule has 146 valence electrons. The Hall–Kier alpha value is -3.26. The monoisotopic (exact) mass is 385 g/mol. The molecule has 0 bridgehead atoms. The Morgan fingerprint density at radius 2 is 1.89 bits per heavy atom. The summed E-state index contributed by atoms with van der Waals surface area (Å²) < 4.78 is 10.6. The van der Waals surface area contributed by atoms with Crippen molar-refractivity contribution >= 4 is 17.6 Å². The first-order valence-corrected chi connectivity index (χ1v) is 8.85. The maximum absolute atomic E-state index is 13.6. The highest BCUT2D eigenvalue weighted by Crippen LogP contribution is 2.51. The van der Waals surface area contributed by atoms with Gasteiger partial charge in [0.1, 0.15) is 17.2 Å². The average Bonchev–Trinajstić information content (AvgIpc) is 3.23. The molecule has 0 fully saturated rings. The van der Waals surface area contributed by atoms with Crippen molar-refractivity contribution in [2.75, 3.05) is 18.3 Å². The molecule has 3 N–H and O–H groups in total. The molecule has 0 aliphatic carbocycles. The summed E-state index contributed by atoms with van der Waals surface area (Å²) in [5, 5.41) is 30.7. The fraction of sp³-hybridized carbons (Fsp3) is 0.300. The van der Waals surface area contributed by atoms with Gasteiger partial charge in [0, 0.05) is 17.3 Å². The molecule has 4 rings (SSSR count). The highest BCUT2D eigenvalue weighted by molar-refractivity contribution is 6.13. The van der Waals surface area contributed by atoms with Gasteiger partial charge in [0.2, 0.25) is 12.7 Å². The molecule has 2 aromatic rings. The third-order valence-corrected chi connectivity index (χ3v) is 5.38. The molecule has 2 atom stereocenters. The number of phenolic OH excluding ortho intramolecular Hbond substituents is 1. The lowest BCUT2D eigenvalue weighted by Gasteiger charge is -2.30. The van der Waals surface area contributed by atoms with Crippen LogP contribution in [0.1, 0.15) is 24.5 Å². The van der Waals surface area contributed by atoms with Crippen molar-refractivity contribution in [3.05, 3.63) is 47.5 Å². The van der Waals surface area contributed by atoms with Crippen LogP contribution in [0.3, 0.4) is 0 Å². The van der Waals surface area contributed by atoms with E-state index in [0.717, 1.165) is 0 Å². The predicted molar refractivity (Wildman–Crippen MR) is 97.7 cm³/mol. The number of carbonyl (C=O) groups is 2. The average molecular weight is 385 g/mol. The molecule has 2 aliphatic heterocycles. The summed E-state index contributed by atoms with van der Waals surface area (Å²) >= 11 is 0. The predicted octanol–water partition coefficient (Wildman–Crippen LogP) is 1.61. The Morgan fingerprint density at radius 3 is 2.54 bits per heavy atom. The molecular formula is C20H19NO7. The molecule has 0 aromatic heterocycles. The summed E-state index contributed by atoms with van der Waals surface area (Å²) in [5.41, 5.74) is -0.687. The van der Waals surface area contributed by atoms with Gasteiger partial charge in [-0.3, -0.25) is 9.69 Å². The molecule has 28 heavy (non-hydrogen) atoms. The molecule has 2 heterocycles. The summed E-state index contributed by atoms with van der Waals surface area (Å²) in [7, 11) is 0. The maximum atomic E-state index is 13.6. The van der Waals surface area contributed by atoms with Crippen LogP contribution in [-0.2, 0) is 15.0 Å². The van der Waals surface area contributed by atoms with Crippen LogP contribution >= 0.6 is 0 Å². The normalized spacial score (nSPS) is 20.9. The molecule has 2 aliphatic rings. The Morgan fingerprint density at radius 1 is 1.21 bits per heavy atom. The number of fused-ring (bicyclic) bond motifs is 2. The van der Waals surface area contributed by atoms with Crippen LogP contribution in [-0.4, -0.2) is 46.6 Å². The first-order valence-electron chi connectivity index (χ1n) is 8.85. The zero-order chi connectivity index (χ0) is 20.1. The SMILES string of the molecule is CCC(C(=O)O)N1C(=O)C(CO)(c2cc3c(cc2O)OCO3)c2ccccc21. The van der Waals surface area contributed by atoms with E-state index in [1.54, 1.807) is 31.2 Å². The van der Waals surface area contributed by atoms with Crippen LogP contribution in [0.2, 0.25) is 0 Å². The molecule has 1 amide bonds. The van der Waals surface area contributed by atoms with Crippen LogP contribution in [0.5, 0.6) is 17.2 Å². The molecule has 0 saturated heterocycles. The van der Waals surface area contributed by atoms with E-state index < -0.39 is 29.9 Å². The Kier molecular flexibility index (Phi) is 4.15. The minimum Gasteiger partial charge on any atom is -0.507 e. The summed E-state index contributed by atoms with van der Waals surface area (Å²) in [6, 6.07) is 8.39. The van der Waals surface area contributed by atoms with Gasteiger partial charge in [-0.15, -0.1) is 0 Å². The van der Waals surface area contributed by atoms with E-state index in [1.807, 2.05) is 0 Å². The van der Waals surface area contributed by atoms with Crippen LogP contribution in [0, 0.1) is 0 Å². The number of hydrogen-bond donors (Lipinski definition) is 3. The lowest BCUT2D eigenvalue weighted by molar-refractivity contribution is -0.140. The molecule has 0 radical (unpaired) electrons. The highest BCUT2D eigenvalue weighted by Gasteiger charge is 2.55. The Labute approximate surface area is 160 Å². The second kappa shape index (κ2) is 6.42. The van der Waals surface area contributed by atoms with Gasteiger partial charge in [0.05, 0.1) is 6.61 Å². The number of aliphatic hydroxyl groups excluding tert-OH is 1. The van der Waals surface area contributed by atoms with Gasteiger partial charge >= 0.3 is 5.97 Å². The summed E-state index contributed by atoms with van der Waals surface area (Å²) in [6.07, 6.45) is 0.185. The number of hydrogen-bond acceptors (Lipinski definition) is 6. The van der Waals surface area contributed by atoms with Crippen molar-refractivity contribution in [1.82, 2.24) is 0 Å². The van der Waals surface area contributed by atoms with Crippen LogP contribution < -0.4 is 14.4 Å². The second-order valence-electron chi connectivity index (χ2n) is 6.74. The number of phenols is 1. The number of anilines is 1. The van der Waals surface area contributed by atoms with Gasteiger partial charge in [-0.2, -0.15) is 0 Å². The fourth-order valence-corrected chi connectivity index (χ4v) is 4.02. The first-order chi connectivity index (χ1) is 13.5. The van der Waals surface area contributed by atoms with Crippen molar-refractivity contribution in [1.29, 1.82) is 0 Å². The topological polar surface area (TPSA) is 117 Å². The van der Waals surface area contributed by atoms with Crippen molar-refractivity contribution in [3.8, 4) is 17.2 Å². The third kappa shape index (κ3) is 2.27. The summed E-state index contributed by atoms with van der Waals surface area (Å²) in [5.74, 6) is -1.32. The number of benzene rings is 2. The van der Waals surface area contributed by atoms with Crippen molar-refractivity contribution in [2.24, 2.45) is 0 Å². The van der Waals surface area contributed by atoms with E-state index in [9.17, 15) is 24.9 Å². The first kappa shape index (κ1) is 18.1. The number of aromatic hydroxyl groups is 1. The standard InChI is InChI=1S/C20H19NO7/c1-2-13(18(24)25)21-14-6-4-3-5-11(14)20(9-22,19(21)26)12-7-16-17(8-15(12)23)28-10-27-16/h3-8,13,22-23H,2,9-10H2,1H3,(H,24,25). The number of aliphatic hydroxyl groups is 1. The lowest BCUT2D eigenvalue weighted by Crippen LogP contribution is -2.50. The van der Waals surface area contributed by atoms with Crippen molar-refractivity contribution < 1.29 is 34.4 Å². The highest BCUT2D eigenvalue weighted by atomic mass is 16.7. The molecule has 8 nitrogen and oxygen atoms in total. The second-order valence-corrected chi connectivity index (χ2v) is 6.74. The number of rotatable bonds is 5. The minimum absolute atomic E-state index is 0.0159. The number of carboxylic acids is 1. The van der Waals surface area contributed by atoms with Gasteiger partial charge in [-0.25, -0.2) is 4.79 Å². The molecule has 0 spiro atoms. The lowest BCUT2D eigenvalue weighted by atomic mass is 9.75. The maximum Gasteiger partial charge on any atom is 0.326 e. The van der Waals surface area contributed by atoms with Crippen LogP contribution in [0.25, 0.3) is 0 Å². The smallest absolute Gasteiger partial charge is 0.326 e. The fourth-order valence-electron chi connectivity index (χ4n) is 4.02. The number of nitrogens with zero attached hydrogens (tertiary/aromatic N) is 1. The molecular weight excluding hydrogens is 366 g/mol. The number of carbonyl (C=O) groups excluding carboxylic acids is 1. The number of amides is 1. The zero-order valence-electron chi connectivity index (χ0n) is 15.1. The van der Waals surface area contributed by atoms with Crippen LogP contribution in [0.15, 0.2) is 36.4 Å². The van der Waals surface area contributed by atoms with Gasteiger partial charge in [-0.1, -0.05) is 25.1 Å². The zero-order valence-corrected chi connectivity index (χ0v) is 15.1. The number of aliphatic carboxylic acids is 1. The van der Waals surface area contributed by atoms with Crippen molar-refractivity contribution in [2.45, 2.75) is 24.8 Å². The number of para-hydroxylation sites is 1. The van der Waals surface area contributed by atoms with Crippen LogP contribution in [0.4, 0.5) is 5.69 Å². The quantitative estimate of drug-likeness (QED) is 0.716. The van der Waals surface area contributed by atoms with Gasteiger partial charge < -0.3 is 24.8 Å². The van der Waals surface area contributed by atoms with Gasteiger partial charge in [-0.05, 0) is 24.1 Å². The Balaban J connectivity index is 1.97. The minimum atomic E-state index is -1.65. The molecule has 2 aromatic carbocycles.